The van der Waals surface area contributed by atoms with Crippen molar-refractivity contribution < 1.29 is 4.74 Å². The summed E-state index contributed by atoms with van der Waals surface area (Å²) < 4.78 is 5.81. The minimum Gasteiger partial charge on any atom is -0.489 e. The minimum absolute atomic E-state index is 0.0928. The van der Waals surface area contributed by atoms with Gasteiger partial charge >= 0.3 is 0 Å². The molecule has 2 heterocycles. The van der Waals surface area contributed by atoms with Crippen LogP contribution in [0.3, 0.4) is 0 Å². The first-order valence-corrected chi connectivity index (χ1v) is 8.20. The number of nitrogens with zero attached hydrogens (tertiary/aromatic N) is 3. The van der Waals surface area contributed by atoms with E-state index in [0.717, 1.165) is 22.9 Å². The Kier molecular flexibility index (Phi) is 5.41. The topological polar surface area (TPSA) is 72.0 Å². The van der Waals surface area contributed by atoms with Crippen molar-refractivity contribution in [3.63, 3.8) is 0 Å². The molecule has 0 aliphatic rings. The largest absolute Gasteiger partial charge is 0.489 e. The molecule has 0 saturated heterocycles. The Morgan fingerprint density at radius 2 is 1.80 bits per heavy atom. The maximum absolute atomic E-state index is 5.81. The summed E-state index contributed by atoms with van der Waals surface area (Å²) in [5, 5.41) is 6.46. The molecule has 0 radical (unpaired) electrons. The lowest BCUT2D eigenvalue weighted by Crippen LogP contribution is -2.08. The van der Waals surface area contributed by atoms with Crippen molar-refractivity contribution in [2.45, 2.75) is 26.5 Å². The number of hydrogen-bond acceptors (Lipinski definition) is 6. The van der Waals surface area contributed by atoms with E-state index < -0.39 is 0 Å². The molecule has 1 aromatic carbocycles. The molecule has 0 atom stereocenters. The van der Waals surface area contributed by atoms with Gasteiger partial charge in [0.15, 0.2) is 0 Å². The molecule has 0 aliphatic heterocycles. The highest BCUT2D eigenvalue weighted by Gasteiger charge is 2.07. The van der Waals surface area contributed by atoms with Gasteiger partial charge in [-0.25, -0.2) is 4.98 Å². The third-order valence-corrected chi connectivity index (χ3v) is 3.33. The van der Waals surface area contributed by atoms with E-state index in [9.17, 15) is 0 Å². The molecule has 0 spiro atoms. The van der Waals surface area contributed by atoms with Crippen LogP contribution in [0.5, 0.6) is 5.75 Å². The van der Waals surface area contributed by atoms with Crippen molar-refractivity contribution in [3.05, 3.63) is 66.6 Å². The number of rotatable bonds is 7. The SMILES string of the molecule is CC(C)Oc1ccccc1Nc1nccc(NCc2ccccn2)n1. The third-order valence-electron chi connectivity index (χ3n) is 3.33. The van der Waals surface area contributed by atoms with Gasteiger partial charge in [0.1, 0.15) is 11.6 Å². The number of para-hydroxylation sites is 2. The summed E-state index contributed by atoms with van der Waals surface area (Å²) in [6.45, 7) is 4.59. The Balaban J connectivity index is 1.70. The van der Waals surface area contributed by atoms with Crippen LogP contribution < -0.4 is 15.4 Å². The average Bonchev–Trinajstić information content (AvgIpc) is 2.62. The van der Waals surface area contributed by atoms with Crippen molar-refractivity contribution in [2.24, 2.45) is 0 Å². The second-order valence-corrected chi connectivity index (χ2v) is 5.73. The van der Waals surface area contributed by atoms with Gasteiger partial charge in [-0.2, -0.15) is 4.98 Å². The Morgan fingerprint density at radius 1 is 0.960 bits per heavy atom. The van der Waals surface area contributed by atoms with Crippen molar-refractivity contribution >= 4 is 17.5 Å². The molecule has 25 heavy (non-hydrogen) atoms. The van der Waals surface area contributed by atoms with Crippen molar-refractivity contribution in [3.8, 4) is 5.75 Å². The van der Waals surface area contributed by atoms with Gasteiger partial charge in [0.25, 0.3) is 0 Å². The molecular weight excluding hydrogens is 314 g/mol. The first-order chi connectivity index (χ1) is 12.2. The monoisotopic (exact) mass is 335 g/mol. The summed E-state index contributed by atoms with van der Waals surface area (Å²) in [7, 11) is 0. The first-order valence-electron chi connectivity index (χ1n) is 8.20. The van der Waals surface area contributed by atoms with Crippen molar-refractivity contribution in [1.82, 2.24) is 15.0 Å². The summed E-state index contributed by atoms with van der Waals surface area (Å²) in [4.78, 5) is 13.0. The van der Waals surface area contributed by atoms with Gasteiger partial charge in [0.05, 0.1) is 24.0 Å². The van der Waals surface area contributed by atoms with Crippen LogP contribution in [0.4, 0.5) is 17.5 Å². The normalized spacial score (nSPS) is 10.5. The number of pyridine rings is 1. The van der Waals surface area contributed by atoms with Crippen LogP contribution in [-0.4, -0.2) is 21.1 Å². The maximum atomic E-state index is 5.81. The molecule has 0 saturated carbocycles. The molecule has 128 valence electrons. The Bertz CT molecular complexity index is 808. The predicted octanol–water partition coefficient (Wildman–Crippen LogP) is 4.01. The number of nitrogens with one attached hydrogen (secondary N) is 2. The number of benzene rings is 1. The average molecular weight is 335 g/mol. The summed E-state index contributed by atoms with van der Waals surface area (Å²) in [5.74, 6) is 2.00. The van der Waals surface area contributed by atoms with E-state index in [1.807, 2.05) is 62.4 Å². The fourth-order valence-electron chi connectivity index (χ4n) is 2.25. The fourth-order valence-corrected chi connectivity index (χ4v) is 2.25. The van der Waals surface area contributed by atoms with E-state index in [1.54, 1.807) is 12.4 Å². The van der Waals surface area contributed by atoms with E-state index >= 15 is 0 Å². The van der Waals surface area contributed by atoms with Crippen LogP contribution >= 0.6 is 0 Å². The standard InChI is InChI=1S/C19H21N5O/c1-14(2)25-17-9-4-3-8-16(17)23-19-21-12-10-18(24-19)22-13-15-7-5-6-11-20-15/h3-12,14H,13H2,1-2H3,(H2,21,22,23,24). The molecule has 0 aliphatic carbocycles. The first kappa shape index (κ1) is 16.7. The lowest BCUT2D eigenvalue weighted by atomic mass is 10.3. The van der Waals surface area contributed by atoms with E-state index in [1.165, 1.54) is 0 Å². The van der Waals surface area contributed by atoms with E-state index in [0.29, 0.717) is 12.5 Å². The molecule has 2 N–H and O–H groups in total. The fraction of sp³-hybridized carbons (Fsp3) is 0.211. The summed E-state index contributed by atoms with van der Waals surface area (Å²) in [5.41, 5.74) is 1.78. The van der Waals surface area contributed by atoms with Crippen LogP contribution in [0.15, 0.2) is 60.9 Å². The van der Waals surface area contributed by atoms with E-state index in [-0.39, 0.29) is 6.10 Å². The van der Waals surface area contributed by atoms with E-state index in [4.69, 9.17) is 4.74 Å². The van der Waals surface area contributed by atoms with Gasteiger partial charge in [0.2, 0.25) is 5.95 Å². The summed E-state index contributed by atoms with van der Waals surface area (Å²) in [6.07, 6.45) is 3.58. The molecule has 6 heteroatoms. The Morgan fingerprint density at radius 3 is 2.60 bits per heavy atom. The molecule has 6 nitrogen and oxygen atoms in total. The van der Waals surface area contributed by atoms with E-state index in [2.05, 4.69) is 25.6 Å². The third kappa shape index (κ3) is 4.91. The van der Waals surface area contributed by atoms with Gasteiger partial charge in [-0.3, -0.25) is 4.98 Å². The lowest BCUT2D eigenvalue weighted by molar-refractivity contribution is 0.244. The van der Waals surface area contributed by atoms with Crippen LogP contribution in [-0.2, 0) is 6.54 Å². The van der Waals surface area contributed by atoms with Crippen molar-refractivity contribution in [1.29, 1.82) is 0 Å². The summed E-state index contributed by atoms with van der Waals surface area (Å²) in [6, 6.07) is 15.4. The maximum Gasteiger partial charge on any atom is 0.229 e. The quantitative estimate of drug-likeness (QED) is 0.679. The highest BCUT2D eigenvalue weighted by atomic mass is 16.5. The summed E-state index contributed by atoms with van der Waals surface area (Å²) >= 11 is 0. The second-order valence-electron chi connectivity index (χ2n) is 5.73. The molecule has 0 bridgehead atoms. The highest BCUT2D eigenvalue weighted by molar-refractivity contribution is 5.63. The zero-order chi connectivity index (χ0) is 17.5. The molecule has 3 aromatic rings. The second kappa shape index (κ2) is 8.10. The predicted molar refractivity (Wildman–Crippen MR) is 99.1 cm³/mol. The van der Waals surface area contributed by atoms with Crippen LogP contribution in [0, 0.1) is 0 Å². The van der Waals surface area contributed by atoms with Crippen LogP contribution in [0.25, 0.3) is 0 Å². The molecule has 3 rings (SSSR count). The van der Waals surface area contributed by atoms with Gasteiger partial charge in [-0.15, -0.1) is 0 Å². The Hall–Kier alpha value is -3.15. The van der Waals surface area contributed by atoms with Gasteiger partial charge < -0.3 is 15.4 Å². The van der Waals surface area contributed by atoms with Crippen LogP contribution in [0.2, 0.25) is 0 Å². The zero-order valence-electron chi connectivity index (χ0n) is 14.3. The number of aromatic nitrogens is 3. The number of hydrogen-bond donors (Lipinski definition) is 2. The smallest absolute Gasteiger partial charge is 0.229 e. The van der Waals surface area contributed by atoms with Crippen LogP contribution in [0.1, 0.15) is 19.5 Å². The number of ether oxygens (including phenoxy) is 1. The molecule has 2 aromatic heterocycles. The zero-order valence-corrected chi connectivity index (χ0v) is 14.3. The molecule has 0 fully saturated rings. The Labute approximate surface area is 147 Å². The van der Waals surface area contributed by atoms with Gasteiger partial charge in [-0.1, -0.05) is 18.2 Å². The molecular formula is C19H21N5O. The number of anilines is 3. The van der Waals surface area contributed by atoms with Gasteiger partial charge in [0, 0.05) is 12.4 Å². The molecule has 0 amide bonds. The van der Waals surface area contributed by atoms with Gasteiger partial charge in [-0.05, 0) is 44.2 Å². The molecule has 0 unspecified atom stereocenters. The minimum atomic E-state index is 0.0928. The highest BCUT2D eigenvalue weighted by Crippen LogP contribution is 2.27. The van der Waals surface area contributed by atoms with Crippen molar-refractivity contribution in [2.75, 3.05) is 10.6 Å². The lowest BCUT2D eigenvalue weighted by Gasteiger charge is -2.15.